The number of guanidine groups is 1. The Labute approximate surface area is 158 Å². The summed E-state index contributed by atoms with van der Waals surface area (Å²) >= 11 is 0. The Morgan fingerprint density at radius 3 is 2.62 bits per heavy atom. The molecule has 1 saturated heterocycles. The molecule has 1 fully saturated rings. The molecule has 2 rings (SSSR count). The Morgan fingerprint density at radius 2 is 1.92 bits per heavy atom. The smallest absolute Gasteiger partial charge is 0.191 e. The first kappa shape index (κ1) is 20.5. The number of hydrogen-bond acceptors (Lipinski definition) is 4. The predicted molar refractivity (Wildman–Crippen MR) is 110 cm³/mol. The molecule has 146 valence electrons. The van der Waals surface area contributed by atoms with Crippen LogP contribution in [0.4, 0.5) is 5.69 Å². The highest BCUT2D eigenvalue weighted by molar-refractivity contribution is 5.79. The van der Waals surface area contributed by atoms with Crippen molar-refractivity contribution < 1.29 is 4.74 Å². The van der Waals surface area contributed by atoms with Gasteiger partial charge in [0.1, 0.15) is 0 Å². The third kappa shape index (κ3) is 6.18. The van der Waals surface area contributed by atoms with E-state index in [2.05, 4.69) is 64.4 Å². The van der Waals surface area contributed by atoms with Crippen LogP contribution in [0, 0.1) is 13.8 Å². The molecule has 0 unspecified atom stereocenters. The zero-order chi connectivity index (χ0) is 18.8. The average Bonchev–Trinajstić information content (AvgIpc) is 2.65. The third-order valence-electron chi connectivity index (χ3n) is 4.92. The van der Waals surface area contributed by atoms with Crippen molar-refractivity contribution in [2.75, 3.05) is 71.0 Å². The van der Waals surface area contributed by atoms with Gasteiger partial charge < -0.3 is 20.3 Å². The second-order valence-corrected chi connectivity index (χ2v) is 6.73. The van der Waals surface area contributed by atoms with Crippen LogP contribution in [0.3, 0.4) is 0 Å². The Kier molecular flexibility index (Phi) is 8.71. The molecule has 0 bridgehead atoms. The number of methoxy groups -OCH3 is 1. The van der Waals surface area contributed by atoms with Crippen LogP contribution in [-0.2, 0) is 4.74 Å². The summed E-state index contributed by atoms with van der Waals surface area (Å²) in [7, 11) is 1.71. The largest absolute Gasteiger partial charge is 0.383 e. The fourth-order valence-electron chi connectivity index (χ4n) is 3.21. The van der Waals surface area contributed by atoms with E-state index >= 15 is 0 Å². The number of rotatable bonds is 8. The van der Waals surface area contributed by atoms with E-state index in [0.717, 1.165) is 58.3 Å². The first-order valence-electron chi connectivity index (χ1n) is 9.70. The third-order valence-corrected chi connectivity index (χ3v) is 4.92. The molecule has 0 atom stereocenters. The Morgan fingerprint density at radius 1 is 1.15 bits per heavy atom. The summed E-state index contributed by atoms with van der Waals surface area (Å²) < 4.78 is 5.07. The lowest BCUT2D eigenvalue weighted by molar-refractivity contribution is 0.203. The maximum atomic E-state index is 5.07. The van der Waals surface area contributed by atoms with E-state index < -0.39 is 0 Å². The van der Waals surface area contributed by atoms with Crippen LogP contribution in [0.2, 0.25) is 0 Å². The molecule has 1 aromatic rings. The fraction of sp³-hybridized carbons (Fsp3) is 0.650. The molecule has 1 heterocycles. The maximum absolute atomic E-state index is 5.07. The Balaban J connectivity index is 1.77. The van der Waals surface area contributed by atoms with Crippen molar-refractivity contribution in [2.45, 2.75) is 20.8 Å². The zero-order valence-electron chi connectivity index (χ0n) is 16.8. The number of aryl methyl sites for hydroxylation is 1. The molecule has 0 amide bonds. The van der Waals surface area contributed by atoms with E-state index in [4.69, 9.17) is 4.74 Å². The van der Waals surface area contributed by atoms with Gasteiger partial charge in [0.2, 0.25) is 0 Å². The molecule has 1 aliphatic rings. The first-order chi connectivity index (χ1) is 12.7. The van der Waals surface area contributed by atoms with Crippen LogP contribution in [0.1, 0.15) is 18.1 Å². The summed E-state index contributed by atoms with van der Waals surface area (Å²) in [6.45, 7) is 15.0. The summed E-state index contributed by atoms with van der Waals surface area (Å²) in [6, 6.07) is 6.60. The van der Waals surface area contributed by atoms with E-state index in [9.17, 15) is 0 Å². The van der Waals surface area contributed by atoms with Gasteiger partial charge in [-0.25, -0.2) is 0 Å². The topological polar surface area (TPSA) is 52.1 Å². The van der Waals surface area contributed by atoms with Crippen LogP contribution in [0.15, 0.2) is 23.2 Å². The highest BCUT2D eigenvalue weighted by Gasteiger charge is 2.18. The van der Waals surface area contributed by atoms with Gasteiger partial charge in [0.25, 0.3) is 0 Å². The minimum Gasteiger partial charge on any atom is -0.383 e. The molecular formula is C20H35N5O. The highest BCUT2D eigenvalue weighted by Crippen LogP contribution is 2.23. The maximum Gasteiger partial charge on any atom is 0.191 e. The van der Waals surface area contributed by atoms with E-state index in [0.29, 0.717) is 6.61 Å². The SMILES string of the molecule is CCNC(=NCCN1CCN(c2cccc(C)c2C)CC1)NCCOC. The van der Waals surface area contributed by atoms with Crippen molar-refractivity contribution in [3.8, 4) is 0 Å². The summed E-state index contributed by atoms with van der Waals surface area (Å²) in [6.07, 6.45) is 0. The number of benzene rings is 1. The molecule has 0 spiro atoms. The predicted octanol–water partition coefficient (Wildman–Crippen LogP) is 1.63. The molecule has 6 nitrogen and oxygen atoms in total. The number of anilines is 1. The number of hydrogen-bond donors (Lipinski definition) is 2. The first-order valence-corrected chi connectivity index (χ1v) is 9.70. The molecule has 0 aliphatic carbocycles. The van der Waals surface area contributed by atoms with Gasteiger partial charge in [0, 0.05) is 58.6 Å². The average molecular weight is 362 g/mol. The highest BCUT2D eigenvalue weighted by atomic mass is 16.5. The summed E-state index contributed by atoms with van der Waals surface area (Å²) in [5.41, 5.74) is 4.17. The normalized spacial score (nSPS) is 16.0. The van der Waals surface area contributed by atoms with Crippen LogP contribution in [0.5, 0.6) is 0 Å². The number of nitrogens with one attached hydrogen (secondary N) is 2. The van der Waals surface area contributed by atoms with E-state index in [1.54, 1.807) is 7.11 Å². The lowest BCUT2D eigenvalue weighted by atomic mass is 10.1. The van der Waals surface area contributed by atoms with Gasteiger partial charge in [0.15, 0.2) is 5.96 Å². The molecule has 0 aromatic heterocycles. The second kappa shape index (κ2) is 11.0. The van der Waals surface area contributed by atoms with Gasteiger partial charge in [-0.3, -0.25) is 9.89 Å². The van der Waals surface area contributed by atoms with Gasteiger partial charge in [-0.05, 0) is 38.0 Å². The molecule has 0 saturated carbocycles. The van der Waals surface area contributed by atoms with Crippen LogP contribution >= 0.6 is 0 Å². The summed E-state index contributed by atoms with van der Waals surface area (Å²) in [5.74, 6) is 0.874. The Bertz CT molecular complexity index is 567. The number of nitrogens with zero attached hydrogens (tertiary/aromatic N) is 3. The van der Waals surface area contributed by atoms with Gasteiger partial charge in [-0.1, -0.05) is 12.1 Å². The molecular weight excluding hydrogens is 326 g/mol. The van der Waals surface area contributed by atoms with Gasteiger partial charge >= 0.3 is 0 Å². The second-order valence-electron chi connectivity index (χ2n) is 6.73. The van der Waals surface area contributed by atoms with Crippen molar-refractivity contribution in [1.82, 2.24) is 15.5 Å². The van der Waals surface area contributed by atoms with E-state index in [1.165, 1.54) is 16.8 Å². The van der Waals surface area contributed by atoms with Gasteiger partial charge in [0.05, 0.1) is 13.2 Å². The fourth-order valence-corrected chi connectivity index (χ4v) is 3.21. The van der Waals surface area contributed by atoms with Crippen molar-refractivity contribution in [3.05, 3.63) is 29.3 Å². The van der Waals surface area contributed by atoms with Gasteiger partial charge in [-0.15, -0.1) is 0 Å². The van der Waals surface area contributed by atoms with Gasteiger partial charge in [-0.2, -0.15) is 0 Å². The Hall–Kier alpha value is -1.79. The number of aliphatic imine (C=N–C) groups is 1. The van der Waals surface area contributed by atoms with Crippen LogP contribution in [0.25, 0.3) is 0 Å². The monoisotopic (exact) mass is 361 g/mol. The minimum absolute atomic E-state index is 0.685. The molecule has 0 radical (unpaired) electrons. The lowest BCUT2D eigenvalue weighted by Gasteiger charge is -2.36. The summed E-state index contributed by atoms with van der Waals surface area (Å²) in [4.78, 5) is 9.68. The van der Waals surface area contributed by atoms with Crippen molar-refractivity contribution in [1.29, 1.82) is 0 Å². The van der Waals surface area contributed by atoms with Crippen molar-refractivity contribution in [3.63, 3.8) is 0 Å². The number of ether oxygens (including phenoxy) is 1. The zero-order valence-corrected chi connectivity index (χ0v) is 16.8. The summed E-state index contributed by atoms with van der Waals surface area (Å²) in [5, 5.41) is 6.56. The molecule has 6 heteroatoms. The van der Waals surface area contributed by atoms with Crippen molar-refractivity contribution >= 4 is 11.6 Å². The lowest BCUT2D eigenvalue weighted by Crippen LogP contribution is -2.47. The minimum atomic E-state index is 0.685. The molecule has 1 aliphatic heterocycles. The quantitative estimate of drug-likeness (QED) is 0.419. The van der Waals surface area contributed by atoms with Crippen molar-refractivity contribution in [2.24, 2.45) is 4.99 Å². The van der Waals surface area contributed by atoms with E-state index in [1.807, 2.05) is 0 Å². The number of piperazine rings is 1. The molecule has 26 heavy (non-hydrogen) atoms. The van der Waals surface area contributed by atoms with E-state index in [-0.39, 0.29) is 0 Å². The molecule has 2 N–H and O–H groups in total. The molecule has 1 aromatic carbocycles. The standard InChI is InChI=1S/C20H35N5O/c1-5-21-20(23-10-16-26-4)22-9-11-24-12-14-25(15-13-24)19-8-6-7-17(2)18(19)3/h6-8H,5,9-16H2,1-4H3,(H2,21,22,23). The van der Waals surface area contributed by atoms with Crippen LogP contribution < -0.4 is 15.5 Å². The van der Waals surface area contributed by atoms with Crippen LogP contribution in [-0.4, -0.2) is 76.9 Å².